The third-order valence-corrected chi connectivity index (χ3v) is 3.28. The molecule has 0 unspecified atom stereocenters. The maximum atomic E-state index is 13.8. The van der Waals surface area contributed by atoms with Crippen molar-refractivity contribution in [3.05, 3.63) is 71.4 Å². The first-order valence-electron chi connectivity index (χ1n) is 6.11. The monoisotopic (exact) mass is 268 g/mol. The van der Waals surface area contributed by atoms with Crippen LogP contribution in [0.1, 0.15) is 11.1 Å². The van der Waals surface area contributed by atoms with Gasteiger partial charge in [0.15, 0.2) is 0 Å². The molecule has 0 spiro atoms. The molecule has 0 saturated heterocycles. The molecule has 0 bridgehead atoms. The van der Waals surface area contributed by atoms with Crippen LogP contribution in [0, 0.1) is 23.0 Å². The summed E-state index contributed by atoms with van der Waals surface area (Å²) < 4.78 is 29.1. The summed E-state index contributed by atoms with van der Waals surface area (Å²) in [5, 5.41) is 9.36. The highest BCUT2D eigenvalue weighted by Gasteiger charge is 2.08. The van der Waals surface area contributed by atoms with Crippen molar-refractivity contribution in [2.45, 2.75) is 6.54 Å². The molecule has 0 amide bonds. The van der Waals surface area contributed by atoms with Crippen LogP contribution in [0.5, 0.6) is 0 Å². The fourth-order valence-corrected chi connectivity index (χ4v) is 2.27. The largest absolute Gasteiger partial charge is 0.343 e. The molecular weight excluding hydrogens is 258 g/mol. The molecule has 0 aliphatic heterocycles. The third kappa shape index (κ3) is 2.04. The van der Waals surface area contributed by atoms with Crippen molar-refractivity contribution in [1.29, 1.82) is 5.26 Å². The number of hydrogen-bond acceptors (Lipinski definition) is 1. The zero-order chi connectivity index (χ0) is 14.1. The average molecular weight is 268 g/mol. The van der Waals surface area contributed by atoms with Gasteiger partial charge in [-0.15, -0.1) is 0 Å². The summed E-state index contributed by atoms with van der Waals surface area (Å²) in [7, 11) is 0. The predicted octanol–water partition coefficient (Wildman–Crippen LogP) is 3.84. The quantitative estimate of drug-likeness (QED) is 0.694. The van der Waals surface area contributed by atoms with Gasteiger partial charge in [-0.3, -0.25) is 0 Å². The highest BCUT2D eigenvalue weighted by Crippen LogP contribution is 2.21. The molecule has 98 valence electrons. The van der Waals surface area contributed by atoms with Crippen molar-refractivity contribution < 1.29 is 8.78 Å². The van der Waals surface area contributed by atoms with Gasteiger partial charge in [0, 0.05) is 17.1 Å². The topological polar surface area (TPSA) is 28.7 Å². The summed E-state index contributed by atoms with van der Waals surface area (Å²) in [4.78, 5) is 0. The summed E-state index contributed by atoms with van der Waals surface area (Å²) in [6.45, 7) is 0.258. The van der Waals surface area contributed by atoms with E-state index in [1.807, 2.05) is 6.07 Å². The summed E-state index contributed by atoms with van der Waals surface area (Å²) in [6.07, 6.45) is 1.71. The van der Waals surface area contributed by atoms with Crippen LogP contribution in [-0.2, 0) is 6.54 Å². The van der Waals surface area contributed by atoms with Crippen LogP contribution in [-0.4, -0.2) is 4.57 Å². The smallest absolute Gasteiger partial charge is 0.132 e. The molecule has 3 rings (SSSR count). The fourth-order valence-electron chi connectivity index (χ4n) is 2.27. The second kappa shape index (κ2) is 4.78. The predicted molar refractivity (Wildman–Crippen MR) is 72.1 cm³/mol. The van der Waals surface area contributed by atoms with Crippen molar-refractivity contribution in [3.63, 3.8) is 0 Å². The lowest BCUT2D eigenvalue weighted by molar-refractivity contribution is 0.601. The van der Waals surface area contributed by atoms with Gasteiger partial charge in [-0.1, -0.05) is 6.07 Å². The lowest BCUT2D eigenvalue weighted by Crippen LogP contribution is -2.01. The number of nitriles is 1. The maximum absolute atomic E-state index is 13.8. The van der Waals surface area contributed by atoms with Gasteiger partial charge >= 0.3 is 0 Å². The van der Waals surface area contributed by atoms with Gasteiger partial charge in [0.1, 0.15) is 11.6 Å². The highest BCUT2D eigenvalue weighted by molar-refractivity contribution is 5.80. The molecule has 0 N–H and O–H groups in total. The lowest BCUT2D eigenvalue weighted by Gasteiger charge is -2.07. The number of benzene rings is 2. The second-order valence-electron chi connectivity index (χ2n) is 4.53. The van der Waals surface area contributed by atoms with E-state index in [0.717, 1.165) is 0 Å². The summed E-state index contributed by atoms with van der Waals surface area (Å²) in [6, 6.07) is 12.7. The van der Waals surface area contributed by atoms with Gasteiger partial charge in [0.05, 0.1) is 23.7 Å². The van der Waals surface area contributed by atoms with E-state index in [9.17, 15) is 8.78 Å². The Morgan fingerprint density at radius 1 is 1.05 bits per heavy atom. The van der Waals surface area contributed by atoms with E-state index in [-0.39, 0.29) is 18.2 Å². The van der Waals surface area contributed by atoms with E-state index in [2.05, 4.69) is 0 Å². The van der Waals surface area contributed by atoms with Crippen molar-refractivity contribution in [1.82, 2.24) is 4.57 Å². The number of halogens is 2. The van der Waals surface area contributed by atoms with Crippen LogP contribution in [0.2, 0.25) is 0 Å². The minimum absolute atomic E-state index is 0.258. The van der Waals surface area contributed by atoms with Crippen LogP contribution in [0.15, 0.2) is 48.7 Å². The first kappa shape index (κ1) is 12.4. The Morgan fingerprint density at radius 2 is 1.90 bits per heavy atom. The van der Waals surface area contributed by atoms with Crippen molar-refractivity contribution in [3.8, 4) is 6.07 Å². The van der Waals surface area contributed by atoms with Crippen LogP contribution < -0.4 is 0 Å². The lowest BCUT2D eigenvalue weighted by atomic mass is 10.1. The van der Waals surface area contributed by atoms with Crippen LogP contribution in [0.25, 0.3) is 10.9 Å². The number of aromatic nitrogens is 1. The summed E-state index contributed by atoms with van der Waals surface area (Å²) >= 11 is 0. The molecule has 4 heteroatoms. The third-order valence-electron chi connectivity index (χ3n) is 3.28. The van der Waals surface area contributed by atoms with E-state index < -0.39 is 0 Å². The second-order valence-corrected chi connectivity index (χ2v) is 4.53. The van der Waals surface area contributed by atoms with Gasteiger partial charge in [-0.2, -0.15) is 5.26 Å². The summed E-state index contributed by atoms with van der Waals surface area (Å²) in [5.41, 5.74) is 1.52. The van der Waals surface area contributed by atoms with E-state index in [0.29, 0.717) is 22.0 Å². The van der Waals surface area contributed by atoms with E-state index >= 15 is 0 Å². The Bertz CT molecular complexity index is 828. The molecule has 20 heavy (non-hydrogen) atoms. The van der Waals surface area contributed by atoms with Gasteiger partial charge in [-0.25, -0.2) is 8.78 Å². The molecule has 2 nitrogen and oxygen atoms in total. The minimum Gasteiger partial charge on any atom is -0.343 e. The average Bonchev–Trinajstić information content (AvgIpc) is 2.86. The van der Waals surface area contributed by atoms with E-state index in [4.69, 9.17) is 5.26 Å². The molecule has 1 heterocycles. The van der Waals surface area contributed by atoms with Crippen LogP contribution in [0.3, 0.4) is 0 Å². The Hall–Kier alpha value is -2.67. The van der Waals surface area contributed by atoms with Gasteiger partial charge in [0.2, 0.25) is 0 Å². The molecule has 0 saturated carbocycles. The Labute approximate surface area is 114 Å². The van der Waals surface area contributed by atoms with Crippen LogP contribution >= 0.6 is 0 Å². The first-order chi connectivity index (χ1) is 9.69. The fraction of sp³-hybridized carbons (Fsp3) is 0.0625. The Morgan fingerprint density at radius 3 is 2.70 bits per heavy atom. The van der Waals surface area contributed by atoms with Gasteiger partial charge in [-0.05, 0) is 36.4 Å². The Kier molecular flexibility index (Phi) is 2.96. The first-order valence-corrected chi connectivity index (χ1v) is 6.11. The number of rotatable bonds is 2. The Balaban J connectivity index is 2.06. The molecule has 1 aromatic heterocycles. The normalized spacial score (nSPS) is 10.7. The molecule has 0 fully saturated rings. The maximum Gasteiger partial charge on any atom is 0.132 e. The standard InChI is InChI=1S/C16H10F2N2/c17-14-5-4-11(9-19)8-12(14)10-20-7-6-13-15(18)2-1-3-16(13)20/h1-8H,10H2. The highest BCUT2D eigenvalue weighted by atomic mass is 19.1. The zero-order valence-electron chi connectivity index (χ0n) is 10.5. The molecule has 0 radical (unpaired) electrons. The molecule has 2 aromatic carbocycles. The zero-order valence-corrected chi connectivity index (χ0v) is 10.5. The molecule has 0 aliphatic rings. The van der Waals surface area contributed by atoms with Crippen molar-refractivity contribution in [2.24, 2.45) is 0 Å². The van der Waals surface area contributed by atoms with Gasteiger partial charge in [0.25, 0.3) is 0 Å². The molecule has 3 aromatic rings. The number of fused-ring (bicyclic) bond motifs is 1. The molecule has 0 atom stereocenters. The van der Waals surface area contributed by atoms with Crippen molar-refractivity contribution >= 4 is 10.9 Å². The SMILES string of the molecule is N#Cc1ccc(F)c(Cn2ccc3c(F)cccc32)c1. The number of nitrogens with zero attached hydrogens (tertiary/aromatic N) is 2. The number of hydrogen-bond donors (Lipinski definition) is 0. The molecular formula is C16H10F2N2. The van der Waals surface area contributed by atoms with Crippen molar-refractivity contribution in [2.75, 3.05) is 0 Å². The van der Waals surface area contributed by atoms with Gasteiger partial charge < -0.3 is 4.57 Å². The minimum atomic E-state index is -0.373. The molecule has 0 aliphatic carbocycles. The summed E-state index contributed by atoms with van der Waals surface area (Å²) in [5.74, 6) is -0.672. The van der Waals surface area contributed by atoms with E-state index in [1.54, 1.807) is 29.0 Å². The van der Waals surface area contributed by atoms with E-state index in [1.165, 1.54) is 24.3 Å². The van der Waals surface area contributed by atoms with Crippen LogP contribution in [0.4, 0.5) is 8.78 Å².